The maximum Gasteiger partial charge on any atom is 0.148 e. The van der Waals surface area contributed by atoms with Crippen molar-refractivity contribution in [3.8, 4) is 5.75 Å². The number of ether oxygens (including phenoxy) is 1. The Bertz CT molecular complexity index is 414. The van der Waals surface area contributed by atoms with E-state index in [0.717, 1.165) is 27.7 Å². The Labute approximate surface area is 126 Å². The van der Waals surface area contributed by atoms with Crippen LogP contribution >= 0.6 is 31.9 Å². The Morgan fingerprint density at radius 3 is 2.44 bits per heavy atom. The van der Waals surface area contributed by atoms with Crippen molar-refractivity contribution in [2.45, 2.75) is 39.3 Å². The second kappa shape index (κ2) is 5.51. The summed E-state index contributed by atoms with van der Waals surface area (Å²) in [6.07, 6.45) is 1.32. The van der Waals surface area contributed by atoms with Gasteiger partial charge in [0.05, 0.1) is 8.95 Å². The Hall–Kier alpha value is -0.0600. The van der Waals surface area contributed by atoms with E-state index in [9.17, 15) is 0 Å². The first kappa shape index (κ1) is 14.4. The van der Waals surface area contributed by atoms with Crippen LogP contribution in [-0.4, -0.2) is 18.7 Å². The first-order valence-electron chi connectivity index (χ1n) is 6.30. The Morgan fingerprint density at radius 1 is 1.33 bits per heavy atom. The monoisotopic (exact) mass is 375 g/mol. The van der Waals surface area contributed by atoms with Gasteiger partial charge in [0.25, 0.3) is 0 Å². The van der Waals surface area contributed by atoms with Crippen LogP contribution < -0.4 is 10.1 Å². The molecule has 1 aromatic carbocycles. The van der Waals surface area contributed by atoms with Crippen molar-refractivity contribution in [1.29, 1.82) is 0 Å². The fourth-order valence-corrected chi connectivity index (χ4v) is 3.60. The van der Waals surface area contributed by atoms with Crippen LogP contribution in [0.2, 0.25) is 0 Å². The van der Waals surface area contributed by atoms with Gasteiger partial charge in [-0.25, -0.2) is 0 Å². The Morgan fingerprint density at radius 2 is 1.94 bits per heavy atom. The van der Waals surface area contributed by atoms with Crippen LogP contribution in [0.3, 0.4) is 0 Å². The third kappa shape index (κ3) is 2.61. The van der Waals surface area contributed by atoms with E-state index < -0.39 is 0 Å². The van der Waals surface area contributed by atoms with Crippen molar-refractivity contribution in [2.24, 2.45) is 5.41 Å². The van der Waals surface area contributed by atoms with Crippen molar-refractivity contribution < 1.29 is 4.74 Å². The van der Waals surface area contributed by atoms with Crippen molar-refractivity contribution in [2.75, 3.05) is 6.54 Å². The highest BCUT2D eigenvalue weighted by Gasteiger charge is 2.49. The summed E-state index contributed by atoms with van der Waals surface area (Å²) in [6, 6.07) is 6.56. The van der Waals surface area contributed by atoms with Crippen LogP contribution in [0.25, 0.3) is 0 Å². The summed E-state index contributed by atoms with van der Waals surface area (Å²) in [7, 11) is 0. The number of nitrogens with one attached hydrogen (secondary N) is 1. The fraction of sp³-hybridized carbons (Fsp3) is 0.571. The van der Waals surface area contributed by atoms with Crippen molar-refractivity contribution in [3.63, 3.8) is 0 Å². The van der Waals surface area contributed by atoms with Crippen LogP contribution in [-0.2, 0) is 0 Å². The van der Waals surface area contributed by atoms with Gasteiger partial charge in [0.15, 0.2) is 0 Å². The number of rotatable bonds is 4. The zero-order valence-electron chi connectivity index (χ0n) is 11.0. The Balaban J connectivity index is 2.08. The zero-order chi connectivity index (χ0) is 13.3. The second-order valence-electron chi connectivity index (χ2n) is 5.32. The summed E-state index contributed by atoms with van der Waals surface area (Å²) in [5.41, 5.74) is 0.171. The molecule has 1 fully saturated rings. The highest BCUT2D eigenvalue weighted by Crippen LogP contribution is 2.45. The summed E-state index contributed by atoms with van der Waals surface area (Å²) in [5, 5.41) is 3.51. The summed E-state index contributed by atoms with van der Waals surface area (Å²) < 4.78 is 8.17. The minimum atomic E-state index is 0.171. The average Bonchev–Trinajstić information content (AvgIpc) is 2.31. The van der Waals surface area contributed by atoms with Gasteiger partial charge in [0.1, 0.15) is 11.9 Å². The van der Waals surface area contributed by atoms with Crippen LogP contribution in [0.1, 0.15) is 27.2 Å². The molecule has 0 aromatic heterocycles. The van der Waals surface area contributed by atoms with Gasteiger partial charge in [-0.2, -0.15) is 0 Å². The molecule has 1 aliphatic rings. The number of halogens is 2. The molecule has 2 unspecified atom stereocenters. The number of para-hydroxylation sites is 1. The largest absolute Gasteiger partial charge is 0.487 e. The van der Waals surface area contributed by atoms with Gasteiger partial charge in [0.2, 0.25) is 0 Å². The topological polar surface area (TPSA) is 21.3 Å². The second-order valence-corrected chi connectivity index (χ2v) is 7.03. The first-order chi connectivity index (χ1) is 8.46. The number of hydrogen-bond acceptors (Lipinski definition) is 2. The van der Waals surface area contributed by atoms with E-state index in [1.807, 2.05) is 18.2 Å². The summed E-state index contributed by atoms with van der Waals surface area (Å²) >= 11 is 7.08. The normalized spacial score (nSPS) is 25.6. The molecule has 18 heavy (non-hydrogen) atoms. The molecule has 100 valence electrons. The van der Waals surface area contributed by atoms with Gasteiger partial charge in [0, 0.05) is 17.9 Å². The fourth-order valence-electron chi connectivity index (χ4n) is 2.42. The summed E-state index contributed by atoms with van der Waals surface area (Å²) in [6.45, 7) is 7.69. The molecule has 0 radical (unpaired) electrons. The van der Waals surface area contributed by atoms with Crippen molar-refractivity contribution >= 4 is 31.9 Å². The minimum Gasteiger partial charge on any atom is -0.487 e. The van der Waals surface area contributed by atoms with Crippen LogP contribution in [0.4, 0.5) is 0 Å². The molecular formula is C14H19Br2NO. The molecule has 2 nitrogen and oxygen atoms in total. The number of benzene rings is 1. The lowest BCUT2D eigenvalue weighted by Gasteiger charge is -2.51. The molecule has 4 heteroatoms. The lowest BCUT2D eigenvalue weighted by atomic mass is 9.64. The van der Waals surface area contributed by atoms with E-state index in [-0.39, 0.29) is 11.5 Å². The van der Waals surface area contributed by atoms with Crippen molar-refractivity contribution in [3.05, 3.63) is 27.1 Å². The van der Waals surface area contributed by atoms with E-state index >= 15 is 0 Å². The molecule has 0 aliphatic heterocycles. The molecule has 0 amide bonds. The van der Waals surface area contributed by atoms with E-state index in [2.05, 4.69) is 57.9 Å². The molecule has 0 heterocycles. The minimum absolute atomic E-state index is 0.171. The highest BCUT2D eigenvalue weighted by atomic mass is 79.9. The maximum absolute atomic E-state index is 6.17. The third-order valence-electron chi connectivity index (χ3n) is 3.81. The highest BCUT2D eigenvalue weighted by molar-refractivity contribution is 9.11. The molecule has 2 atom stereocenters. The van der Waals surface area contributed by atoms with Gasteiger partial charge < -0.3 is 10.1 Å². The molecular weight excluding hydrogens is 358 g/mol. The lowest BCUT2D eigenvalue weighted by molar-refractivity contribution is -0.0548. The van der Waals surface area contributed by atoms with Crippen molar-refractivity contribution in [1.82, 2.24) is 5.32 Å². The predicted molar refractivity (Wildman–Crippen MR) is 82.1 cm³/mol. The Kier molecular flexibility index (Phi) is 4.40. The molecule has 0 saturated heterocycles. The van der Waals surface area contributed by atoms with Gasteiger partial charge in [-0.05, 0) is 50.5 Å². The van der Waals surface area contributed by atoms with Crippen LogP contribution in [0, 0.1) is 5.41 Å². The van der Waals surface area contributed by atoms with Gasteiger partial charge in [-0.1, -0.05) is 26.8 Å². The van der Waals surface area contributed by atoms with Gasteiger partial charge in [-0.3, -0.25) is 0 Å². The van der Waals surface area contributed by atoms with Gasteiger partial charge in [-0.15, -0.1) is 0 Å². The molecule has 1 aromatic rings. The molecule has 1 N–H and O–H groups in total. The lowest BCUT2D eigenvalue weighted by Crippen LogP contribution is -2.62. The molecule has 1 aliphatic carbocycles. The molecule has 0 spiro atoms. The molecule has 2 rings (SSSR count). The molecule has 0 bridgehead atoms. The van der Waals surface area contributed by atoms with E-state index in [1.165, 1.54) is 0 Å². The first-order valence-corrected chi connectivity index (χ1v) is 7.89. The molecule has 1 saturated carbocycles. The van der Waals surface area contributed by atoms with Crippen LogP contribution in [0.15, 0.2) is 27.1 Å². The third-order valence-corrected chi connectivity index (χ3v) is 5.06. The maximum atomic E-state index is 6.17. The number of hydrogen-bond donors (Lipinski definition) is 1. The predicted octanol–water partition coefficient (Wildman–Crippen LogP) is 4.37. The van der Waals surface area contributed by atoms with E-state index in [0.29, 0.717) is 6.04 Å². The van der Waals surface area contributed by atoms with Gasteiger partial charge >= 0.3 is 0 Å². The van der Waals surface area contributed by atoms with E-state index in [4.69, 9.17) is 4.74 Å². The quantitative estimate of drug-likeness (QED) is 0.842. The average molecular weight is 377 g/mol. The zero-order valence-corrected chi connectivity index (χ0v) is 14.1. The summed E-state index contributed by atoms with van der Waals surface area (Å²) in [4.78, 5) is 0. The van der Waals surface area contributed by atoms with Crippen LogP contribution in [0.5, 0.6) is 5.75 Å². The van der Waals surface area contributed by atoms with E-state index in [1.54, 1.807) is 0 Å². The standard InChI is InChI=1S/C14H19Br2NO/c1-4-17-11-8-12(14(11,2)3)18-13-9(15)6-5-7-10(13)16/h5-7,11-12,17H,4,8H2,1-3H3. The SMILES string of the molecule is CCNC1CC(Oc2c(Br)cccc2Br)C1(C)C. The summed E-state index contributed by atoms with van der Waals surface area (Å²) in [5.74, 6) is 0.908. The smallest absolute Gasteiger partial charge is 0.148 e.